The minimum absolute atomic E-state index is 0.739. The van der Waals surface area contributed by atoms with Crippen molar-refractivity contribution in [3.05, 3.63) is 22.3 Å². The quantitative estimate of drug-likeness (QED) is 0.922. The number of hydrogen-bond acceptors (Lipinski definition) is 3. The Morgan fingerprint density at radius 3 is 2.68 bits per heavy atom. The van der Waals surface area contributed by atoms with Gasteiger partial charge < -0.3 is 10.2 Å². The first-order chi connectivity index (χ1) is 9.24. The van der Waals surface area contributed by atoms with Crippen LogP contribution in [0.5, 0.6) is 0 Å². The Morgan fingerprint density at radius 2 is 2.05 bits per heavy atom. The highest BCUT2D eigenvalue weighted by Crippen LogP contribution is 2.33. The lowest BCUT2D eigenvalue weighted by Crippen LogP contribution is -2.37. The lowest BCUT2D eigenvalue weighted by molar-refractivity contribution is 0.372. The number of rotatable bonds is 4. The first-order valence-corrected chi connectivity index (χ1v) is 8.13. The second-order valence-corrected chi connectivity index (χ2v) is 6.72. The number of aromatic nitrogens is 1. The van der Waals surface area contributed by atoms with Gasteiger partial charge in [-0.3, -0.25) is 0 Å². The van der Waals surface area contributed by atoms with Crippen LogP contribution in [0.3, 0.4) is 0 Å². The molecule has 3 nitrogen and oxygen atoms in total. The van der Waals surface area contributed by atoms with E-state index in [4.69, 9.17) is 0 Å². The molecule has 3 rings (SSSR count). The van der Waals surface area contributed by atoms with Crippen LogP contribution in [0.4, 0.5) is 5.82 Å². The molecule has 4 heteroatoms. The van der Waals surface area contributed by atoms with Crippen molar-refractivity contribution < 1.29 is 0 Å². The number of nitrogens with one attached hydrogen (secondary N) is 1. The molecule has 0 unspecified atom stereocenters. The molecule has 1 saturated carbocycles. The minimum atomic E-state index is 0.739. The van der Waals surface area contributed by atoms with E-state index in [0.29, 0.717) is 0 Å². The Labute approximate surface area is 123 Å². The fourth-order valence-corrected chi connectivity index (χ4v) is 3.06. The van der Waals surface area contributed by atoms with E-state index in [0.717, 1.165) is 16.4 Å². The van der Waals surface area contributed by atoms with E-state index in [-0.39, 0.29) is 0 Å². The lowest BCUT2D eigenvalue weighted by atomic mass is 9.97. The van der Waals surface area contributed by atoms with Crippen LogP contribution in [0.25, 0.3) is 0 Å². The Kier molecular flexibility index (Phi) is 4.08. The number of anilines is 1. The maximum absolute atomic E-state index is 4.63. The normalized spacial score (nSPS) is 20.5. The van der Waals surface area contributed by atoms with Crippen molar-refractivity contribution in [2.75, 3.05) is 24.5 Å². The van der Waals surface area contributed by atoms with Crippen LogP contribution < -0.4 is 10.2 Å². The van der Waals surface area contributed by atoms with E-state index in [1.54, 1.807) is 0 Å². The summed E-state index contributed by atoms with van der Waals surface area (Å²) >= 11 is 3.54. The molecule has 2 aliphatic rings. The molecule has 0 amide bonds. The average Bonchev–Trinajstić information content (AvgIpc) is 3.25. The highest BCUT2D eigenvalue weighted by atomic mass is 79.9. The van der Waals surface area contributed by atoms with Gasteiger partial charge in [0.15, 0.2) is 0 Å². The van der Waals surface area contributed by atoms with Crippen molar-refractivity contribution in [2.24, 2.45) is 5.92 Å². The van der Waals surface area contributed by atoms with Crippen LogP contribution in [-0.4, -0.2) is 30.7 Å². The van der Waals surface area contributed by atoms with Gasteiger partial charge in [0.25, 0.3) is 0 Å². The van der Waals surface area contributed by atoms with Gasteiger partial charge in [0.1, 0.15) is 5.82 Å². The maximum Gasteiger partial charge on any atom is 0.129 e. The van der Waals surface area contributed by atoms with Crippen LogP contribution in [0.1, 0.15) is 31.2 Å². The van der Waals surface area contributed by atoms with E-state index in [2.05, 4.69) is 44.1 Å². The Bertz CT molecular complexity index is 439. The van der Waals surface area contributed by atoms with Crippen molar-refractivity contribution in [1.29, 1.82) is 0 Å². The molecule has 0 spiro atoms. The summed E-state index contributed by atoms with van der Waals surface area (Å²) < 4.78 is 1.11. The number of aryl methyl sites for hydroxylation is 1. The summed E-state index contributed by atoms with van der Waals surface area (Å²) in [5, 5.41) is 3.45. The number of halogens is 1. The zero-order chi connectivity index (χ0) is 13.2. The summed E-state index contributed by atoms with van der Waals surface area (Å²) in [6, 6.07) is 2.96. The Morgan fingerprint density at radius 1 is 1.32 bits per heavy atom. The summed E-state index contributed by atoms with van der Waals surface area (Å²) in [6.45, 7) is 5.68. The van der Waals surface area contributed by atoms with E-state index in [1.807, 2.05) is 6.20 Å². The highest BCUT2D eigenvalue weighted by Gasteiger charge is 2.32. The molecule has 2 heterocycles. The summed E-state index contributed by atoms with van der Waals surface area (Å²) in [7, 11) is 0. The molecule has 0 bridgehead atoms. The SMILES string of the molecule is Cc1cc(N(CC2CCNCC2)C2CC2)ncc1Br. The van der Waals surface area contributed by atoms with Crippen molar-refractivity contribution in [2.45, 2.75) is 38.6 Å². The molecule has 0 aromatic carbocycles. The fraction of sp³-hybridized carbons (Fsp3) is 0.667. The molecular formula is C15H22BrN3. The first kappa shape index (κ1) is 13.4. The van der Waals surface area contributed by atoms with Gasteiger partial charge in [-0.25, -0.2) is 4.98 Å². The Balaban J connectivity index is 1.74. The second-order valence-electron chi connectivity index (χ2n) is 5.87. The predicted molar refractivity (Wildman–Crippen MR) is 82.6 cm³/mol. The van der Waals surface area contributed by atoms with Gasteiger partial charge in [-0.1, -0.05) is 0 Å². The zero-order valence-electron chi connectivity index (χ0n) is 11.5. The molecule has 1 saturated heterocycles. The molecule has 1 aliphatic heterocycles. The molecule has 2 fully saturated rings. The monoisotopic (exact) mass is 323 g/mol. The summed E-state index contributed by atoms with van der Waals surface area (Å²) in [6.07, 6.45) is 7.23. The van der Waals surface area contributed by atoms with Gasteiger partial charge in [-0.2, -0.15) is 0 Å². The summed E-state index contributed by atoms with van der Waals surface area (Å²) in [5.74, 6) is 1.99. The van der Waals surface area contributed by atoms with E-state index in [9.17, 15) is 0 Å². The van der Waals surface area contributed by atoms with Crippen LogP contribution in [0.2, 0.25) is 0 Å². The smallest absolute Gasteiger partial charge is 0.129 e. The molecule has 0 atom stereocenters. The van der Waals surface area contributed by atoms with Crippen LogP contribution in [-0.2, 0) is 0 Å². The second kappa shape index (κ2) is 5.80. The predicted octanol–water partition coefficient (Wildman–Crippen LogP) is 3.12. The first-order valence-electron chi connectivity index (χ1n) is 7.33. The number of nitrogens with zero attached hydrogens (tertiary/aromatic N) is 2. The van der Waals surface area contributed by atoms with Crippen molar-refractivity contribution in [1.82, 2.24) is 10.3 Å². The minimum Gasteiger partial charge on any atom is -0.353 e. The van der Waals surface area contributed by atoms with Gasteiger partial charge in [-0.05, 0) is 79.2 Å². The van der Waals surface area contributed by atoms with E-state index < -0.39 is 0 Å². The molecule has 19 heavy (non-hydrogen) atoms. The van der Waals surface area contributed by atoms with Crippen LogP contribution in [0, 0.1) is 12.8 Å². The van der Waals surface area contributed by atoms with E-state index in [1.165, 1.54) is 56.7 Å². The van der Waals surface area contributed by atoms with Gasteiger partial charge >= 0.3 is 0 Å². The molecule has 0 radical (unpaired) electrons. The van der Waals surface area contributed by atoms with Crippen molar-refractivity contribution >= 4 is 21.7 Å². The zero-order valence-corrected chi connectivity index (χ0v) is 13.1. The third-order valence-corrected chi connectivity index (χ3v) is 5.06. The lowest BCUT2D eigenvalue weighted by Gasteiger charge is -2.31. The van der Waals surface area contributed by atoms with E-state index >= 15 is 0 Å². The van der Waals surface area contributed by atoms with Crippen molar-refractivity contribution in [3.8, 4) is 0 Å². The average molecular weight is 324 g/mol. The van der Waals surface area contributed by atoms with Crippen LogP contribution in [0.15, 0.2) is 16.7 Å². The molecule has 1 aromatic rings. The summed E-state index contributed by atoms with van der Waals surface area (Å²) in [4.78, 5) is 7.18. The van der Waals surface area contributed by atoms with Gasteiger partial charge in [0, 0.05) is 23.3 Å². The molecule has 104 valence electrons. The van der Waals surface area contributed by atoms with Crippen LogP contribution >= 0.6 is 15.9 Å². The highest BCUT2D eigenvalue weighted by molar-refractivity contribution is 9.10. The fourth-order valence-electron chi connectivity index (χ4n) is 2.84. The summed E-state index contributed by atoms with van der Waals surface area (Å²) in [5.41, 5.74) is 1.28. The molecule has 1 aliphatic carbocycles. The molecular weight excluding hydrogens is 302 g/mol. The van der Waals surface area contributed by atoms with Gasteiger partial charge in [0.2, 0.25) is 0 Å². The standard InChI is InChI=1S/C15H22BrN3/c1-11-8-15(18-9-14(11)16)19(13-2-3-13)10-12-4-6-17-7-5-12/h8-9,12-13,17H,2-7,10H2,1H3. The number of hydrogen-bond donors (Lipinski definition) is 1. The third kappa shape index (κ3) is 3.29. The largest absolute Gasteiger partial charge is 0.353 e. The Hall–Kier alpha value is -0.610. The van der Waals surface area contributed by atoms with Gasteiger partial charge in [0.05, 0.1) is 0 Å². The van der Waals surface area contributed by atoms with Gasteiger partial charge in [-0.15, -0.1) is 0 Å². The number of pyridine rings is 1. The maximum atomic E-state index is 4.63. The third-order valence-electron chi connectivity index (χ3n) is 4.23. The van der Waals surface area contributed by atoms with Crippen molar-refractivity contribution in [3.63, 3.8) is 0 Å². The molecule has 1 N–H and O–H groups in total. The topological polar surface area (TPSA) is 28.2 Å². The molecule has 1 aromatic heterocycles. The number of piperidine rings is 1.